The van der Waals surface area contributed by atoms with E-state index in [1.807, 2.05) is 0 Å². The summed E-state index contributed by atoms with van der Waals surface area (Å²) in [6, 6.07) is 10.5. The van der Waals surface area contributed by atoms with Gasteiger partial charge in [0.05, 0.1) is 11.3 Å². The Kier molecular flexibility index (Phi) is 5.65. The quantitative estimate of drug-likeness (QED) is 0.649. The molecule has 0 aliphatic heterocycles. The van der Waals surface area contributed by atoms with Gasteiger partial charge in [-0.3, -0.25) is 4.79 Å². The molecule has 0 fully saturated rings. The standard InChI is InChI=1S/C16H13F4NOS/c17-13-6-4-11(5-7-13)9-21-15(22)10-23-14-3-1-2-12(8-14)16(18,19)20/h1-8H,9-10H2,(H,21,22). The number of hydrogen-bond acceptors (Lipinski definition) is 2. The molecule has 7 heteroatoms. The summed E-state index contributed by atoms with van der Waals surface area (Å²) < 4.78 is 50.5. The lowest BCUT2D eigenvalue weighted by Gasteiger charge is -2.09. The minimum Gasteiger partial charge on any atom is -0.351 e. The maximum Gasteiger partial charge on any atom is 0.416 e. The van der Waals surface area contributed by atoms with Gasteiger partial charge in [0.2, 0.25) is 5.91 Å². The lowest BCUT2D eigenvalue weighted by molar-refractivity contribution is -0.137. The van der Waals surface area contributed by atoms with E-state index in [0.29, 0.717) is 4.90 Å². The van der Waals surface area contributed by atoms with Crippen LogP contribution >= 0.6 is 11.8 Å². The van der Waals surface area contributed by atoms with Crippen LogP contribution in [0.15, 0.2) is 53.4 Å². The topological polar surface area (TPSA) is 29.1 Å². The van der Waals surface area contributed by atoms with Crippen molar-refractivity contribution in [2.75, 3.05) is 5.75 Å². The third kappa shape index (κ3) is 5.59. The number of carbonyl (C=O) groups excluding carboxylic acids is 1. The number of rotatable bonds is 5. The highest BCUT2D eigenvalue weighted by atomic mass is 32.2. The summed E-state index contributed by atoms with van der Waals surface area (Å²) in [5.74, 6) is -0.667. The first-order chi connectivity index (χ1) is 10.8. The lowest BCUT2D eigenvalue weighted by atomic mass is 10.2. The van der Waals surface area contributed by atoms with Gasteiger partial charge in [-0.1, -0.05) is 18.2 Å². The summed E-state index contributed by atoms with van der Waals surface area (Å²) in [6.07, 6.45) is -4.40. The van der Waals surface area contributed by atoms with Gasteiger partial charge < -0.3 is 5.32 Å². The molecule has 1 N–H and O–H groups in total. The molecule has 0 unspecified atom stereocenters. The van der Waals surface area contributed by atoms with Crippen molar-refractivity contribution >= 4 is 17.7 Å². The van der Waals surface area contributed by atoms with Crippen molar-refractivity contribution < 1.29 is 22.4 Å². The van der Waals surface area contributed by atoms with Crippen molar-refractivity contribution in [2.24, 2.45) is 0 Å². The molecule has 23 heavy (non-hydrogen) atoms. The fraction of sp³-hybridized carbons (Fsp3) is 0.188. The summed E-state index contributed by atoms with van der Waals surface area (Å²) in [5.41, 5.74) is -0.00182. The van der Waals surface area contributed by atoms with Crippen molar-refractivity contribution in [3.8, 4) is 0 Å². The van der Waals surface area contributed by atoms with Crippen molar-refractivity contribution in [2.45, 2.75) is 17.6 Å². The third-order valence-electron chi connectivity index (χ3n) is 2.93. The van der Waals surface area contributed by atoms with E-state index in [1.165, 1.54) is 24.3 Å². The fourth-order valence-corrected chi connectivity index (χ4v) is 2.55. The highest BCUT2D eigenvalue weighted by Crippen LogP contribution is 2.31. The summed E-state index contributed by atoms with van der Waals surface area (Å²) in [4.78, 5) is 12.1. The molecular formula is C16H13F4NOS. The second-order valence-corrected chi connectivity index (χ2v) is 5.77. The van der Waals surface area contributed by atoms with Crippen LogP contribution in [0.4, 0.5) is 17.6 Å². The van der Waals surface area contributed by atoms with Gasteiger partial charge in [-0.25, -0.2) is 4.39 Å². The minimum absolute atomic E-state index is 0.00249. The molecule has 1 amide bonds. The molecule has 0 radical (unpaired) electrons. The molecule has 2 rings (SSSR count). The summed E-state index contributed by atoms with van der Waals surface area (Å²) >= 11 is 1.02. The molecule has 0 spiro atoms. The third-order valence-corrected chi connectivity index (χ3v) is 3.93. The molecule has 0 heterocycles. The zero-order valence-corrected chi connectivity index (χ0v) is 12.7. The van der Waals surface area contributed by atoms with E-state index in [1.54, 1.807) is 12.1 Å². The van der Waals surface area contributed by atoms with Crippen LogP contribution in [0, 0.1) is 5.82 Å². The largest absolute Gasteiger partial charge is 0.416 e. The number of halogens is 4. The maximum atomic E-state index is 12.7. The van der Waals surface area contributed by atoms with Gasteiger partial charge in [-0.05, 0) is 35.9 Å². The molecule has 0 saturated heterocycles. The number of thioether (sulfide) groups is 1. The fourth-order valence-electron chi connectivity index (χ4n) is 1.77. The van der Waals surface area contributed by atoms with Crippen LogP contribution in [0.25, 0.3) is 0 Å². The van der Waals surface area contributed by atoms with Crippen LogP contribution in [0.5, 0.6) is 0 Å². The van der Waals surface area contributed by atoms with Crippen LogP contribution in [0.2, 0.25) is 0 Å². The van der Waals surface area contributed by atoms with Gasteiger partial charge in [-0.15, -0.1) is 11.8 Å². The highest BCUT2D eigenvalue weighted by Gasteiger charge is 2.30. The van der Waals surface area contributed by atoms with Crippen molar-refractivity contribution in [1.82, 2.24) is 5.32 Å². The van der Waals surface area contributed by atoms with Crippen LogP contribution < -0.4 is 5.32 Å². The number of benzene rings is 2. The molecule has 2 aromatic carbocycles. The lowest BCUT2D eigenvalue weighted by Crippen LogP contribution is -2.24. The zero-order chi connectivity index (χ0) is 16.9. The average Bonchev–Trinajstić information content (AvgIpc) is 2.52. The van der Waals surface area contributed by atoms with Gasteiger partial charge in [0.25, 0.3) is 0 Å². The molecule has 0 aliphatic carbocycles. The summed E-state index contributed by atoms with van der Waals surface area (Å²) in [5, 5.41) is 2.63. The molecule has 2 nitrogen and oxygen atoms in total. The first-order valence-electron chi connectivity index (χ1n) is 6.66. The van der Waals surface area contributed by atoms with E-state index >= 15 is 0 Å². The molecule has 0 saturated carbocycles. The minimum atomic E-state index is -4.40. The number of carbonyl (C=O) groups is 1. The molecule has 0 atom stereocenters. The predicted molar refractivity (Wildman–Crippen MR) is 80.4 cm³/mol. The first kappa shape index (κ1) is 17.3. The van der Waals surface area contributed by atoms with Gasteiger partial charge >= 0.3 is 6.18 Å². The second-order valence-electron chi connectivity index (χ2n) is 4.72. The van der Waals surface area contributed by atoms with Crippen molar-refractivity contribution in [3.05, 3.63) is 65.5 Å². The van der Waals surface area contributed by atoms with E-state index in [9.17, 15) is 22.4 Å². The van der Waals surface area contributed by atoms with Gasteiger partial charge in [0.1, 0.15) is 5.82 Å². The Hall–Kier alpha value is -2.02. The van der Waals surface area contributed by atoms with Gasteiger partial charge in [0, 0.05) is 11.4 Å². The number of amides is 1. The smallest absolute Gasteiger partial charge is 0.351 e. The monoisotopic (exact) mass is 343 g/mol. The van der Waals surface area contributed by atoms with E-state index in [4.69, 9.17) is 0 Å². The number of alkyl halides is 3. The average molecular weight is 343 g/mol. The van der Waals surface area contributed by atoms with Crippen molar-refractivity contribution in [1.29, 1.82) is 0 Å². The Bertz CT molecular complexity index is 671. The van der Waals surface area contributed by atoms with E-state index in [-0.39, 0.29) is 24.0 Å². The van der Waals surface area contributed by atoms with E-state index in [0.717, 1.165) is 29.5 Å². The Morgan fingerprint density at radius 1 is 1.09 bits per heavy atom. The first-order valence-corrected chi connectivity index (χ1v) is 7.64. The van der Waals surface area contributed by atoms with Gasteiger partial charge in [-0.2, -0.15) is 13.2 Å². The SMILES string of the molecule is O=C(CSc1cccc(C(F)(F)F)c1)NCc1ccc(F)cc1. The molecule has 0 bridgehead atoms. The summed E-state index contributed by atoms with van der Waals surface area (Å²) in [7, 11) is 0. The normalized spacial score (nSPS) is 11.3. The predicted octanol–water partition coefficient (Wildman–Crippen LogP) is 4.25. The zero-order valence-electron chi connectivity index (χ0n) is 11.9. The molecule has 122 valence electrons. The molecule has 0 aromatic heterocycles. The van der Waals surface area contributed by atoms with E-state index in [2.05, 4.69) is 5.32 Å². The summed E-state index contributed by atoms with van der Waals surface area (Å²) in [6.45, 7) is 0.238. The molecular weight excluding hydrogens is 330 g/mol. The second kappa shape index (κ2) is 7.50. The van der Waals surface area contributed by atoms with Gasteiger partial charge in [0.15, 0.2) is 0 Å². The van der Waals surface area contributed by atoms with Crippen LogP contribution in [-0.4, -0.2) is 11.7 Å². The number of hydrogen-bond donors (Lipinski definition) is 1. The Morgan fingerprint density at radius 3 is 2.43 bits per heavy atom. The Labute approximate surface area is 134 Å². The van der Waals surface area contributed by atoms with Crippen LogP contribution in [0.1, 0.15) is 11.1 Å². The molecule has 2 aromatic rings. The highest BCUT2D eigenvalue weighted by molar-refractivity contribution is 8.00. The van der Waals surface area contributed by atoms with Crippen molar-refractivity contribution in [3.63, 3.8) is 0 Å². The van der Waals surface area contributed by atoms with E-state index < -0.39 is 11.7 Å². The van der Waals surface area contributed by atoms with Crippen LogP contribution in [0.3, 0.4) is 0 Å². The molecule has 0 aliphatic rings. The maximum absolute atomic E-state index is 12.7. The van der Waals surface area contributed by atoms with Crippen LogP contribution in [-0.2, 0) is 17.5 Å². The Balaban J connectivity index is 1.83. The Morgan fingerprint density at radius 2 is 1.78 bits per heavy atom. The number of nitrogens with one attached hydrogen (secondary N) is 1.